The summed E-state index contributed by atoms with van der Waals surface area (Å²) in [6, 6.07) is 6.46. The number of ether oxygens (including phenoxy) is 1. The summed E-state index contributed by atoms with van der Waals surface area (Å²) in [5.41, 5.74) is 2.65. The molecule has 2 nitrogen and oxygen atoms in total. The predicted octanol–water partition coefficient (Wildman–Crippen LogP) is 3.82. The van der Waals surface area contributed by atoms with Crippen molar-refractivity contribution < 1.29 is 4.74 Å². The minimum atomic E-state index is 0.677. The summed E-state index contributed by atoms with van der Waals surface area (Å²) in [5.74, 6) is 2.44. The molecule has 0 aromatic heterocycles. The van der Waals surface area contributed by atoms with Crippen molar-refractivity contribution in [3.8, 4) is 5.75 Å². The lowest BCUT2D eigenvalue weighted by atomic mass is 9.90. The number of nitrogens with one attached hydrogen (secondary N) is 1. The van der Waals surface area contributed by atoms with Crippen LogP contribution >= 0.6 is 0 Å². The van der Waals surface area contributed by atoms with Gasteiger partial charge in [-0.15, -0.1) is 0 Å². The molecule has 0 aliphatic carbocycles. The summed E-state index contributed by atoms with van der Waals surface area (Å²) in [5, 5.41) is 3.49. The molecule has 1 rings (SSSR count). The van der Waals surface area contributed by atoms with Gasteiger partial charge in [-0.1, -0.05) is 38.5 Å². The molecule has 19 heavy (non-hydrogen) atoms. The van der Waals surface area contributed by atoms with Crippen molar-refractivity contribution in [3.05, 3.63) is 29.3 Å². The Kier molecular flexibility index (Phi) is 6.93. The molecule has 0 amide bonds. The molecule has 1 aromatic rings. The molecule has 1 N–H and O–H groups in total. The van der Waals surface area contributed by atoms with Gasteiger partial charge >= 0.3 is 0 Å². The minimum Gasteiger partial charge on any atom is -0.496 e. The summed E-state index contributed by atoms with van der Waals surface area (Å²) in [6.07, 6.45) is 2.35. The van der Waals surface area contributed by atoms with Crippen LogP contribution in [0.3, 0.4) is 0 Å². The van der Waals surface area contributed by atoms with Crippen molar-refractivity contribution in [2.24, 2.45) is 11.8 Å². The molecule has 1 atom stereocenters. The molecule has 0 bridgehead atoms. The lowest BCUT2D eigenvalue weighted by Gasteiger charge is -2.21. The maximum absolute atomic E-state index is 5.49. The van der Waals surface area contributed by atoms with E-state index >= 15 is 0 Å². The highest BCUT2D eigenvalue weighted by Gasteiger charge is 2.14. The fourth-order valence-corrected chi connectivity index (χ4v) is 2.63. The van der Waals surface area contributed by atoms with E-state index in [0.717, 1.165) is 31.2 Å². The Hall–Kier alpha value is -1.02. The zero-order valence-corrected chi connectivity index (χ0v) is 13.1. The number of aryl methyl sites for hydroxylation is 1. The van der Waals surface area contributed by atoms with Gasteiger partial charge in [-0.3, -0.25) is 0 Å². The molecular weight excluding hydrogens is 234 g/mol. The second-order valence-corrected chi connectivity index (χ2v) is 5.82. The lowest BCUT2D eigenvalue weighted by Crippen LogP contribution is -2.25. The van der Waals surface area contributed by atoms with Gasteiger partial charge in [-0.05, 0) is 56.3 Å². The number of benzene rings is 1. The summed E-state index contributed by atoms with van der Waals surface area (Å²) < 4.78 is 5.49. The van der Waals surface area contributed by atoms with Crippen LogP contribution in [0.5, 0.6) is 5.75 Å². The molecule has 0 fully saturated rings. The maximum Gasteiger partial charge on any atom is 0.122 e. The smallest absolute Gasteiger partial charge is 0.122 e. The van der Waals surface area contributed by atoms with E-state index in [1.54, 1.807) is 7.11 Å². The summed E-state index contributed by atoms with van der Waals surface area (Å²) >= 11 is 0. The van der Waals surface area contributed by atoms with Crippen LogP contribution in [0.4, 0.5) is 0 Å². The van der Waals surface area contributed by atoms with E-state index < -0.39 is 0 Å². The fourth-order valence-electron chi connectivity index (χ4n) is 2.63. The van der Waals surface area contributed by atoms with Crippen LogP contribution in [-0.4, -0.2) is 20.2 Å². The van der Waals surface area contributed by atoms with Gasteiger partial charge < -0.3 is 10.1 Å². The second-order valence-electron chi connectivity index (χ2n) is 5.82. The van der Waals surface area contributed by atoms with Crippen LogP contribution in [0.25, 0.3) is 0 Å². The number of hydrogen-bond acceptors (Lipinski definition) is 2. The Labute approximate surface area is 118 Å². The number of methoxy groups -OCH3 is 1. The Bertz CT molecular complexity index is 374. The summed E-state index contributed by atoms with van der Waals surface area (Å²) in [4.78, 5) is 0. The van der Waals surface area contributed by atoms with Gasteiger partial charge in [0.2, 0.25) is 0 Å². The van der Waals surface area contributed by atoms with E-state index in [2.05, 4.69) is 51.2 Å². The number of rotatable bonds is 8. The van der Waals surface area contributed by atoms with Crippen LogP contribution in [0.15, 0.2) is 18.2 Å². The van der Waals surface area contributed by atoms with Gasteiger partial charge in [0.15, 0.2) is 0 Å². The monoisotopic (exact) mass is 263 g/mol. The molecule has 0 saturated carbocycles. The first kappa shape index (κ1) is 16.0. The van der Waals surface area contributed by atoms with Crippen molar-refractivity contribution >= 4 is 0 Å². The largest absolute Gasteiger partial charge is 0.496 e. The van der Waals surface area contributed by atoms with E-state index in [4.69, 9.17) is 4.74 Å². The molecule has 0 heterocycles. The van der Waals surface area contributed by atoms with E-state index in [1.807, 2.05) is 0 Å². The first-order valence-electron chi connectivity index (χ1n) is 7.41. The van der Waals surface area contributed by atoms with Gasteiger partial charge in [-0.25, -0.2) is 0 Å². The molecule has 0 spiro atoms. The van der Waals surface area contributed by atoms with Crippen molar-refractivity contribution in [1.82, 2.24) is 5.32 Å². The molecule has 1 unspecified atom stereocenters. The molecule has 2 heteroatoms. The third kappa shape index (κ3) is 5.65. The van der Waals surface area contributed by atoms with Crippen molar-refractivity contribution in [2.75, 3.05) is 20.2 Å². The molecule has 0 saturated heterocycles. The lowest BCUT2D eigenvalue weighted by molar-refractivity contribution is 0.373. The highest BCUT2D eigenvalue weighted by Crippen LogP contribution is 2.25. The summed E-state index contributed by atoms with van der Waals surface area (Å²) in [7, 11) is 1.76. The van der Waals surface area contributed by atoms with Crippen LogP contribution in [-0.2, 0) is 6.42 Å². The quantitative estimate of drug-likeness (QED) is 0.770. The normalized spacial score (nSPS) is 12.7. The molecule has 1 aromatic carbocycles. The van der Waals surface area contributed by atoms with E-state index in [-0.39, 0.29) is 0 Å². The maximum atomic E-state index is 5.49. The Balaban J connectivity index is 2.78. The van der Waals surface area contributed by atoms with E-state index in [9.17, 15) is 0 Å². The zero-order valence-electron chi connectivity index (χ0n) is 13.1. The Morgan fingerprint density at radius 1 is 1.26 bits per heavy atom. The van der Waals surface area contributed by atoms with E-state index in [0.29, 0.717) is 5.92 Å². The average molecular weight is 263 g/mol. The molecule has 0 radical (unpaired) electrons. The van der Waals surface area contributed by atoms with Gasteiger partial charge in [0, 0.05) is 0 Å². The third-order valence-electron chi connectivity index (χ3n) is 3.43. The molecule has 0 aliphatic heterocycles. The molecule has 108 valence electrons. The van der Waals surface area contributed by atoms with Crippen molar-refractivity contribution in [2.45, 2.75) is 40.5 Å². The summed E-state index contributed by atoms with van der Waals surface area (Å²) in [6.45, 7) is 11.0. The van der Waals surface area contributed by atoms with Crippen LogP contribution < -0.4 is 10.1 Å². The van der Waals surface area contributed by atoms with Gasteiger partial charge in [-0.2, -0.15) is 0 Å². The van der Waals surface area contributed by atoms with E-state index in [1.165, 1.54) is 17.5 Å². The van der Waals surface area contributed by atoms with Gasteiger partial charge in [0.25, 0.3) is 0 Å². The van der Waals surface area contributed by atoms with Crippen molar-refractivity contribution in [3.63, 3.8) is 0 Å². The SMILES string of the molecule is CCNCC(Cc1cc(C)ccc1OC)CC(C)C. The Morgan fingerprint density at radius 3 is 2.58 bits per heavy atom. The van der Waals surface area contributed by atoms with Gasteiger partial charge in [0.1, 0.15) is 5.75 Å². The Morgan fingerprint density at radius 2 is 2.00 bits per heavy atom. The molecule has 0 aliphatic rings. The van der Waals surface area contributed by atoms with Crippen LogP contribution in [0, 0.1) is 18.8 Å². The first-order valence-corrected chi connectivity index (χ1v) is 7.41. The predicted molar refractivity (Wildman–Crippen MR) is 82.9 cm³/mol. The second kappa shape index (κ2) is 8.21. The minimum absolute atomic E-state index is 0.677. The zero-order chi connectivity index (χ0) is 14.3. The standard InChI is InChI=1S/C17H29NO/c1-6-18-12-15(9-13(2)3)11-16-10-14(4)7-8-17(16)19-5/h7-8,10,13,15,18H,6,9,11-12H2,1-5H3. The van der Waals surface area contributed by atoms with Gasteiger partial charge in [0.05, 0.1) is 7.11 Å². The fraction of sp³-hybridized carbons (Fsp3) is 0.647. The number of hydrogen-bond donors (Lipinski definition) is 1. The average Bonchev–Trinajstić information content (AvgIpc) is 2.35. The van der Waals surface area contributed by atoms with Crippen molar-refractivity contribution in [1.29, 1.82) is 0 Å². The topological polar surface area (TPSA) is 21.3 Å². The van der Waals surface area contributed by atoms with Crippen LogP contribution in [0.2, 0.25) is 0 Å². The highest BCUT2D eigenvalue weighted by atomic mass is 16.5. The highest BCUT2D eigenvalue weighted by molar-refractivity contribution is 5.37. The third-order valence-corrected chi connectivity index (χ3v) is 3.43. The molecular formula is C17H29NO. The van der Waals surface area contributed by atoms with Crippen LogP contribution in [0.1, 0.15) is 38.3 Å². The first-order chi connectivity index (χ1) is 9.06.